The Bertz CT molecular complexity index is 524. The molecule has 0 aliphatic rings. The average Bonchev–Trinajstić information content (AvgIpc) is 2.31. The largest absolute Gasteiger partial charge is 0.507 e. The molecule has 2 N–H and O–H groups in total. The molecule has 0 fully saturated rings. The van der Waals surface area contributed by atoms with Crippen LogP contribution in [0.25, 0.3) is 11.1 Å². The molecule has 0 atom stereocenters. The van der Waals surface area contributed by atoms with Crippen molar-refractivity contribution in [3.63, 3.8) is 0 Å². The molecule has 0 spiro atoms. The van der Waals surface area contributed by atoms with Crippen LogP contribution in [0.15, 0.2) is 55.1 Å². The van der Waals surface area contributed by atoms with Crippen molar-refractivity contribution < 1.29 is 10.2 Å². The second-order valence-corrected chi connectivity index (χ2v) is 3.82. The van der Waals surface area contributed by atoms with Crippen LogP contribution in [0.1, 0.15) is 5.56 Å². The quantitative estimate of drug-likeness (QED) is 0.786. The highest BCUT2D eigenvalue weighted by Gasteiger charge is 2.12. The normalized spacial score (nSPS) is 10.1. The minimum atomic E-state index is 0.0847. The molecule has 0 unspecified atom stereocenters. The molecule has 17 heavy (non-hydrogen) atoms. The SMILES string of the molecule is C=CCc1ccccc1-c1c(O)cccc1O. The van der Waals surface area contributed by atoms with E-state index >= 15 is 0 Å². The summed E-state index contributed by atoms with van der Waals surface area (Å²) in [5.74, 6) is 0.169. The van der Waals surface area contributed by atoms with E-state index in [1.54, 1.807) is 24.3 Å². The number of allylic oxidation sites excluding steroid dienone is 1. The first kappa shape index (κ1) is 11.3. The van der Waals surface area contributed by atoms with Gasteiger partial charge in [0.25, 0.3) is 0 Å². The molecule has 0 saturated carbocycles. The lowest BCUT2D eigenvalue weighted by Crippen LogP contribution is -1.88. The zero-order chi connectivity index (χ0) is 12.3. The third kappa shape index (κ3) is 2.16. The second-order valence-electron chi connectivity index (χ2n) is 3.82. The Morgan fingerprint density at radius 1 is 0.941 bits per heavy atom. The predicted octanol–water partition coefficient (Wildman–Crippen LogP) is 3.49. The van der Waals surface area contributed by atoms with Crippen LogP contribution in [-0.4, -0.2) is 10.2 Å². The monoisotopic (exact) mass is 226 g/mol. The molecule has 0 saturated heterocycles. The van der Waals surface area contributed by atoms with Gasteiger partial charge >= 0.3 is 0 Å². The maximum atomic E-state index is 9.85. The summed E-state index contributed by atoms with van der Waals surface area (Å²) < 4.78 is 0. The Hall–Kier alpha value is -2.22. The van der Waals surface area contributed by atoms with E-state index in [1.165, 1.54) is 0 Å². The summed E-state index contributed by atoms with van der Waals surface area (Å²) in [5, 5.41) is 19.7. The van der Waals surface area contributed by atoms with Gasteiger partial charge in [-0.15, -0.1) is 6.58 Å². The van der Waals surface area contributed by atoms with E-state index in [0.717, 1.165) is 11.1 Å². The second kappa shape index (κ2) is 4.74. The Labute approximate surface area is 100 Å². The lowest BCUT2D eigenvalue weighted by atomic mass is 9.96. The van der Waals surface area contributed by atoms with Crippen LogP contribution in [-0.2, 0) is 6.42 Å². The van der Waals surface area contributed by atoms with Gasteiger partial charge in [0.2, 0.25) is 0 Å². The topological polar surface area (TPSA) is 40.5 Å². The Morgan fingerprint density at radius 2 is 1.59 bits per heavy atom. The minimum absolute atomic E-state index is 0.0847. The van der Waals surface area contributed by atoms with Crippen molar-refractivity contribution in [2.75, 3.05) is 0 Å². The fraction of sp³-hybridized carbons (Fsp3) is 0.0667. The van der Waals surface area contributed by atoms with Crippen LogP contribution >= 0.6 is 0 Å². The molecule has 86 valence electrons. The third-order valence-electron chi connectivity index (χ3n) is 2.67. The lowest BCUT2D eigenvalue weighted by molar-refractivity contribution is 0.454. The molecule has 0 amide bonds. The van der Waals surface area contributed by atoms with Gasteiger partial charge in [0.1, 0.15) is 11.5 Å². The predicted molar refractivity (Wildman–Crippen MR) is 69.1 cm³/mol. The number of phenols is 2. The molecule has 0 aromatic heterocycles. The van der Waals surface area contributed by atoms with E-state index in [1.807, 2.05) is 24.3 Å². The first-order valence-corrected chi connectivity index (χ1v) is 5.44. The standard InChI is InChI=1S/C15H14O2/c1-2-6-11-7-3-4-8-12(11)15-13(16)9-5-10-14(15)17/h2-5,7-10,16-17H,1,6H2. The van der Waals surface area contributed by atoms with E-state index in [0.29, 0.717) is 12.0 Å². The Morgan fingerprint density at radius 3 is 2.24 bits per heavy atom. The van der Waals surface area contributed by atoms with Gasteiger partial charge in [0.05, 0.1) is 5.56 Å². The molecule has 0 radical (unpaired) electrons. The van der Waals surface area contributed by atoms with Crippen molar-refractivity contribution in [3.05, 3.63) is 60.7 Å². The highest BCUT2D eigenvalue weighted by atomic mass is 16.3. The van der Waals surface area contributed by atoms with Gasteiger partial charge in [-0.25, -0.2) is 0 Å². The van der Waals surface area contributed by atoms with Crippen molar-refractivity contribution in [2.24, 2.45) is 0 Å². The van der Waals surface area contributed by atoms with Crippen molar-refractivity contribution >= 4 is 0 Å². The van der Waals surface area contributed by atoms with Crippen LogP contribution in [0.2, 0.25) is 0 Å². The van der Waals surface area contributed by atoms with Gasteiger partial charge in [-0.2, -0.15) is 0 Å². The third-order valence-corrected chi connectivity index (χ3v) is 2.67. The molecular weight excluding hydrogens is 212 g/mol. The van der Waals surface area contributed by atoms with E-state index in [9.17, 15) is 10.2 Å². The van der Waals surface area contributed by atoms with Crippen molar-refractivity contribution in [1.82, 2.24) is 0 Å². The fourth-order valence-electron chi connectivity index (χ4n) is 1.90. The van der Waals surface area contributed by atoms with Gasteiger partial charge in [-0.05, 0) is 29.7 Å². The molecule has 2 aromatic carbocycles. The number of phenolic OH excluding ortho intramolecular Hbond substituents is 2. The average molecular weight is 226 g/mol. The van der Waals surface area contributed by atoms with E-state index in [4.69, 9.17) is 0 Å². The highest BCUT2D eigenvalue weighted by molar-refractivity contribution is 5.78. The summed E-state index contributed by atoms with van der Waals surface area (Å²) in [7, 11) is 0. The van der Waals surface area contributed by atoms with Gasteiger partial charge in [-0.1, -0.05) is 36.4 Å². The molecular formula is C15H14O2. The number of benzene rings is 2. The number of hydrogen-bond acceptors (Lipinski definition) is 2. The molecule has 2 aromatic rings. The molecule has 0 bridgehead atoms. The molecule has 2 rings (SSSR count). The summed E-state index contributed by atoms with van der Waals surface area (Å²) in [5.41, 5.74) is 2.34. The van der Waals surface area contributed by atoms with E-state index < -0.39 is 0 Å². The molecule has 0 heterocycles. The first-order valence-electron chi connectivity index (χ1n) is 5.44. The summed E-state index contributed by atoms with van der Waals surface area (Å²) in [4.78, 5) is 0. The minimum Gasteiger partial charge on any atom is -0.507 e. The highest BCUT2D eigenvalue weighted by Crippen LogP contribution is 2.38. The number of aromatic hydroxyl groups is 2. The first-order chi connectivity index (χ1) is 8.24. The van der Waals surface area contributed by atoms with Crippen LogP contribution in [0.3, 0.4) is 0 Å². The molecule has 2 heteroatoms. The van der Waals surface area contributed by atoms with Gasteiger partial charge in [-0.3, -0.25) is 0 Å². The van der Waals surface area contributed by atoms with Gasteiger partial charge in [0.15, 0.2) is 0 Å². The van der Waals surface area contributed by atoms with Crippen LogP contribution < -0.4 is 0 Å². The summed E-state index contributed by atoms with van der Waals surface area (Å²) in [6.45, 7) is 3.71. The van der Waals surface area contributed by atoms with Gasteiger partial charge < -0.3 is 10.2 Å². The van der Waals surface area contributed by atoms with E-state index in [2.05, 4.69) is 6.58 Å². The van der Waals surface area contributed by atoms with Crippen LogP contribution in [0.5, 0.6) is 11.5 Å². The summed E-state index contributed by atoms with van der Waals surface area (Å²) in [6, 6.07) is 12.4. The van der Waals surface area contributed by atoms with Crippen molar-refractivity contribution in [1.29, 1.82) is 0 Å². The maximum absolute atomic E-state index is 9.85. The summed E-state index contributed by atoms with van der Waals surface area (Å²) >= 11 is 0. The fourth-order valence-corrected chi connectivity index (χ4v) is 1.90. The molecule has 2 nitrogen and oxygen atoms in total. The molecule has 0 aliphatic heterocycles. The Balaban J connectivity index is 2.64. The van der Waals surface area contributed by atoms with E-state index in [-0.39, 0.29) is 11.5 Å². The Kier molecular flexibility index (Phi) is 3.15. The lowest BCUT2D eigenvalue weighted by Gasteiger charge is -2.11. The van der Waals surface area contributed by atoms with Gasteiger partial charge in [0, 0.05) is 0 Å². The zero-order valence-electron chi connectivity index (χ0n) is 9.43. The van der Waals surface area contributed by atoms with Crippen molar-refractivity contribution in [2.45, 2.75) is 6.42 Å². The zero-order valence-corrected chi connectivity index (χ0v) is 9.43. The van der Waals surface area contributed by atoms with Crippen molar-refractivity contribution in [3.8, 4) is 22.6 Å². The number of hydrogen-bond donors (Lipinski definition) is 2. The smallest absolute Gasteiger partial charge is 0.127 e. The maximum Gasteiger partial charge on any atom is 0.127 e. The van der Waals surface area contributed by atoms with Crippen LogP contribution in [0.4, 0.5) is 0 Å². The summed E-state index contributed by atoms with van der Waals surface area (Å²) in [6.07, 6.45) is 2.50. The van der Waals surface area contributed by atoms with Crippen LogP contribution in [0, 0.1) is 0 Å². The number of rotatable bonds is 3. The molecule has 0 aliphatic carbocycles.